The van der Waals surface area contributed by atoms with E-state index in [1.165, 1.54) is 16.4 Å². The highest BCUT2D eigenvalue weighted by molar-refractivity contribution is 7.89. The molecule has 1 heterocycles. The van der Waals surface area contributed by atoms with Crippen LogP contribution in [0.4, 0.5) is 10.5 Å². The molecular formula is C23H34N4O5S. The van der Waals surface area contributed by atoms with Gasteiger partial charge in [-0.1, -0.05) is 52.0 Å². The van der Waals surface area contributed by atoms with Crippen LogP contribution in [-0.4, -0.2) is 60.6 Å². The van der Waals surface area contributed by atoms with Crippen molar-refractivity contribution in [2.24, 2.45) is 0 Å². The van der Waals surface area contributed by atoms with Gasteiger partial charge in [0.15, 0.2) is 0 Å². The number of urea groups is 1. The molecule has 182 valence electrons. The molecule has 2 fully saturated rings. The van der Waals surface area contributed by atoms with Gasteiger partial charge in [-0.3, -0.25) is 14.5 Å². The number of rotatable bonds is 7. The molecule has 1 aliphatic heterocycles. The predicted molar refractivity (Wildman–Crippen MR) is 125 cm³/mol. The summed E-state index contributed by atoms with van der Waals surface area (Å²) in [6.07, 6.45) is 6.07. The maximum atomic E-state index is 13.1. The van der Waals surface area contributed by atoms with Crippen molar-refractivity contribution >= 4 is 33.6 Å². The number of imide groups is 1. The van der Waals surface area contributed by atoms with Crippen LogP contribution in [0.3, 0.4) is 0 Å². The van der Waals surface area contributed by atoms with Crippen molar-refractivity contribution in [3.05, 3.63) is 23.8 Å². The van der Waals surface area contributed by atoms with E-state index in [-0.39, 0.29) is 10.8 Å². The quantitative estimate of drug-likeness (QED) is 0.585. The van der Waals surface area contributed by atoms with Gasteiger partial charge in [-0.15, -0.1) is 0 Å². The summed E-state index contributed by atoms with van der Waals surface area (Å²) < 4.78 is 27.0. The number of nitrogens with zero attached hydrogens (tertiary/aromatic N) is 2. The Morgan fingerprint density at radius 3 is 2.30 bits per heavy atom. The van der Waals surface area contributed by atoms with Gasteiger partial charge in [0, 0.05) is 18.8 Å². The first-order chi connectivity index (χ1) is 15.6. The molecule has 1 spiro atoms. The van der Waals surface area contributed by atoms with E-state index in [1.54, 1.807) is 26.8 Å². The fourth-order valence-electron chi connectivity index (χ4n) is 4.61. The van der Waals surface area contributed by atoms with Crippen molar-refractivity contribution in [3.63, 3.8) is 0 Å². The Morgan fingerprint density at radius 2 is 1.70 bits per heavy atom. The van der Waals surface area contributed by atoms with Crippen LogP contribution < -0.4 is 10.6 Å². The maximum absolute atomic E-state index is 13.1. The van der Waals surface area contributed by atoms with Crippen LogP contribution in [0.5, 0.6) is 0 Å². The van der Waals surface area contributed by atoms with Gasteiger partial charge in [-0.2, -0.15) is 4.31 Å². The summed E-state index contributed by atoms with van der Waals surface area (Å²) in [6.45, 7) is 5.53. The molecule has 0 atom stereocenters. The molecule has 1 saturated carbocycles. The van der Waals surface area contributed by atoms with Crippen molar-refractivity contribution < 1.29 is 22.8 Å². The first-order valence-corrected chi connectivity index (χ1v) is 13.1. The topological polar surface area (TPSA) is 116 Å². The number of benzene rings is 1. The number of nitrogens with one attached hydrogen (secondary N) is 2. The zero-order chi connectivity index (χ0) is 24.2. The van der Waals surface area contributed by atoms with Crippen LogP contribution in [0.1, 0.15) is 64.4 Å². The minimum atomic E-state index is -3.69. The van der Waals surface area contributed by atoms with Crippen molar-refractivity contribution in [1.29, 1.82) is 0 Å². The smallest absolute Gasteiger partial charge is 0.324 e. The van der Waals surface area contributed by atoms with Crippen molar-refractivity contribution in [3.8, 4) is 0 Å². The summed E-state index contributed by atoms with van der Waals surface area (Å²) in [6, 6.07) is 4.01. The van der Waals surface area contributed by atoms with Gasteiger partial charge in [0.25, 0.3) is 5.91 Å². The number of sulfonamides is 1. The molecule has 1 aliphatic carbocycles. The van der Waals surface area contributed by atoms with Gasteiger partial charge in [-0.05, 0) is 37.5 Å². The van der Waals surface area contributed by atoms with E-state index in [0.29, 0.717) is 37.2 Å². The van der Waals surface area contributed by atoms with E-state index in [4.69, 9.17) is 0 Å². The summed E-state index contributed by atoms with van der Waals surface area (Å²) in [5.41, 5.74) is 0.0994. The summed E-state index contributed by atoms with van der Waals surface area (Å²) in [7, 11) is -3.69. The third-order valence-corrected chi connectivity index (χ3v) is 8.63. The lowest BCUT2D eigenvalue weighted by Gasteiger charge is -2.28. The van der Waals surface area contributed by atoms with Gasteiger partial charge in [-0.25, -0.2) is 13.2 Å². The third-order valence-electron chi connectivity index (χ3n) is 6.58. The highest BCUT2D eigenvalue weighted by atomic mass is 32.2. The number of carbonyl (C=O) groups is 3. The first kappa shape index (κ1) is 25.2. The predicted octanol–water partition coefficient (Wildman–Crippen LogP) is 3.00. The fourth-order valence-corrected chi connectivity index (χ4v) is 6.09. The maximum Gasteiger partial charge on any atom is 0.325 e. The van der Waals surface area contributed by atoms with Crippen LogP contribution in [-0.2, 0) is 19.6 Å². The van der Waals surface area contributed by atoms with Gasteiger partial charge in [0.1, 0.15) is 12.1 Å². The molecule has 1 aromatic carbocycles. The molecule has 3 rings (SSSR count). The average molecular weight is 479 g/mol. The summed E-state index contributed by atoms with van der Waals surface area (Å²) in [4.78, 5) is 39.5. The Kier molecular flexibility index (Phi) is 7.79. The number of hydrogen-bond acceptors (Lipinski definition) is 5. The minimum absolute atomic E-state index is 0.0792. The Labute approximate surface area is 195 Å². The lowest BCUT2D eigenvalue weighted by atomic mass is 9.84. The number of carbonyl (C=O) groups excluding carboxylic acids is 3. The molecule has 0 aromatic heterocycles. The molecule has 2 N–H and O–H groups in total. The SMILES string of the molecule is CCN(CC)S(=O)(=O)c1ccc(C)c(NC(=O)CN2C(=O)NC3(CCCCCCC3)C2=O)c1. The second-order valence-electron chi connectivity index (χ2n) is 8.79. The fraction of sp³-hybridized carbons (Fsp3) is 0.609. The molecule has 0 radical (unpaired) electrons. The van der Waals surface area contributed by atoms with Gasteiger partial charge >= 0.3 is 6.03 Å². The molecule has 0 bridgehead atoms. The Hall–Kier alpha value is -2.46. The second kappa shape index (κ2) is 10.2. The molecule has 2 aliphatic rings. The van der Waals surface area contributed by atoms with Gasteiger partial charge in [0.05, 0.1) is 4.90 Å². The normalized spacial score (nSPS) is 18.8. The first-order valence-electron chi connectivity index (χ1n) is 11.7. The van der Waals surface area contributed by atoms with Crippen molar-refractivity contribution in [2.75, 3.05) is 25.0 Å². The minimum Gasteiger partial charge on any atom is -0.324 e. The zero-order valence-electron chi connectivity index (χ0n) is 19.6. The number of amides is 4. The number of aryl methyl sites for hydroxylation is 1. The van der Waals surface area contributed by atoms with E-state index >= 15 is 0 Å². The van der Waals surface area contributed by atoms with Crippen LogP contribution >= 0.6 is 0 Å². The highest BCUT2D eigenvalue weighted by Crippen LogP contribution is 2.32. The van der Waals surface area contributed by atoms with Crippen LogP contribution in [0, 0.1) is 6.92 Å². The third kappa shape index (κ3) is 5.22. The molecular weight excluding hydrogens is 444 g/mol. The lowest BCUT2D eigenvalue weighted by Crippen LogP contribution is -2.47. The number of hydrogen-bond donors (Lipinski definition) is 2. The Balaban J connectivity index is 1.74. The van der Waals surface area contributed by atoms with E-state index in [2.05, 4.69) is 10.6 Å². The average Bonchev–Trinajstić information content (AvgIpc) is 2.98. The molecule has 9 nitrogen and oxygen atoms in total. The molecule has 1 aromatic rings. The van der Waals surface area contributed by atoms with Gasteiger partial charge < -0.3 is 10.6 Å². The van der Waals surface area contributed by atoms with Crippen LogP contribution in [0.2, 0.25) is 0 Å². The van der Waals surface area contributed by atoms with Crippen LogP contribution in [0.25, 0.3) is 0 Å². The molecule has 0 unspecified atom stereocenters. The summed E-state index contributed by atoms with van der Waals surface area (Å²) in [5, 5.41) is 5.53. The van der Waals surface area contributed by atoms with Crippen LogP contribution in [0.15, 0.2) is 23.1 Å². The number of anilines is 1. The summed E-state index contributed by atoms with van der Waals surface area (Å²) >= 11 is 0. The second-order valence-corrected chi connectivity index (χ2v) is 10.7. The molecule has 4 amide bonds. The molecule has 33 heavy (non-hydrogen) atoms. The monoisotopic (exact) mass is 478 g/mol. The standard InChI is InChI=1S/C23H34N4O5S/c1-4-26(5-2)33(31,32)18-12-11-17(3)19(15-18)24-20(28)16-27-21(29)23(25-22(27)30)13-9-7-6-8-10-14-23/h11-12,15H,4-10,13-14,16H2,1-3H3,(H,24,28)(H,25,30). The molecule has 10 heteroatoms. The Bertz CT molecular complexity index is 1010. The van der Waals surface area contributed by atoms with E-state index < -0.39 is 34.0 Å². The Morgan fingerprint density at radius 1 is 1.09 bits per heavy atom. The zero-order valence-corrected chi connectivity index (χ0v) is 20.5. The van der Waals surface area contributed by atoms with Gasteiger partial charge in [0.2, 0.25) is 15.9 Å². The lowest BCUT2D eigenvalue weighted by molar-refractivity contribution is -0.134. The van der Waals surface area contributed by atoms with Crippen molar-refractivity contribution in [1.82, 2.24) is 14.5 Å². The van der Waals surface area contributed by atoms with E-state index in [1.807, 2.05) is 0 Å². The van der Waals surface area contributed by atoms with Crippen molar-refractivity contribution in [2.45, 2.75) is 76.2 Å². The highest BCUT2D eigenvalue weighted by Gasteiger charge is 2.50. The largest absolute Gasteiger partial charge is 0.325 e. The van der Waals surface area contributed by atoms with E-state index in [0.717, 1.165) is 37.0 Å². The summed E-state index contributed by atoms with van der Waals surface area (Å²) in [5.74, 6) is -0.902. The molecule has 1 saturated heterocycles. The van der Waals surface area contributed by atoms with E-state index in [9.17, 15) is 22.8 Å².